The number of amides is 1. The molecule has 0 bridgehead atoms. The van der Waals surface area contributed by atoms with Crippen LogP contribution in [-0.2, 0) is 9.63 Å². The summed E-state index contributed by atoms with van der Waals surface area (Å²) < 4.78 is 13.5. The number of rotatable bonds is 6. The Balaban J connectivity index is 2.02. The standard InChI is InChI=1S/C17H16ClFN4O3S/c1-9-13(16(25)23-26-6-5-24)14(11-3-2-10(19)8-12(11)18)22-15(21-9)17-20-4-7-27-17/h2-4,7-8,14,24H,5-6H2,1H3,(H,21,22)(H,23,25). The Hall–Kier alpha value is -2.33. The van der Waals surface area contributed by atoms with Crippen LogP contribution in [0.4, 0.5) is 4.39 Å². The van der Waals surface area contributed by atoms with Crippen molar-refractivity contribution in [3.8, 4) is 0 Å². The van der Waals surface area contributed by atoms with Crippen LogP contribution in [0, 0.1) is 5.82 Å². The zero-order chi connectivity index (χ0) is 19.4. The highest BCUT2D eigenvalue weighted by molar-refractivity contribution is 7.11. The van der Waals surface area contributed by atoms with Crippen LogP contribution >= 0.6 is 22.9 Å². The maximum absolute atomic E-state index is 13.5. The van der Waals surface area contributed by atoms with Crippen molar-refractivity contribution in [1.82, 2.24) is 15.8 Å². The maximum atomic E-state index is 13.5. The molecule has 10 heteroatoms. The van der Waals surface area contributed by atoms with Gasteiger partial charge in [-0.15, -0.1) is 11.3 Å². The van der Waals surface area contributed by atoms with Gasteiger partial charge in [-0.2, -0.15) is 0 Å². The third kappa shape index (κ3) is 4.33. The lowest BCUT2D eigenvalue weighted by Gasteiger charge is -2.26. The van der Waals surface area contributed by atoms with E-state index in [9.17, 15) is 9.18 Å². The maximum Gasteiger partial charge on any atom is 0.275 e. The number of aliphatic hydroxyl groups is 1. The fraction of sp³-hybridized carbons (Fsp3) is 0.235. The smallest absolute Gasteiger partial charge is 0.275 e. The van der Waals surface area contributed by atoms with Gasteiger partial charge in [0.25, 0.3) is 5.91 Å². The number of hydroxylamine groups is 1. The lowest BCUT2D eigenvalue weighted by molar-refractivity contribution is -0.130. The molecule has 0 spiro atoms. The van der Waals surface area contributed by atoms with E-state index in [4.69, 9.17) is 21.5 Å². The first-order valence-electron chi connectivity index (χ1n) is 7.94. The van der Waals surface area contributed by atoms with Crippen LogP contribution in [0.5, 0.6) is 0 Å². The van der Waals surface area contributed by atoms with Crippen LogP contribution in [0.15, 0.2) is 46.0 Å². The predicted molar refractivity (Wildman–Crippen MR) is 99.8 cm³/mol. The molecule has 1 aromatic heterocycles. The minimum Gasteiger partial charge on any atom is -0.394 e. The Labute approximate surface area is 163 Å². The van der Waals surface area contributed by atoms with Gasteiger partial charge in [0, 0.05) is 27.9 Å². The number of hydrogen-bond donors (Lipinski definition) is 3. The summed E-state index contributed by atoms with van der Waals surface area (Å²) in [7, 11) is 0. The van der Waals surface area contributed by atoms with E-state index in [2.05, 4.69) is 20.8 Å². The minimum absolute atomic E-state index is 0.0545. The molecule has 1 atom stereocenters. The van der Waals surface area contributed by atoms with Gasteiger partial charge < -0.3 is 10.4 Å². The van der Waals surface area contributed by atoms with Crippen molar-refractivity contribution in [2.24, 2.45) is 4.99 Å². The second-order valence-corrected chi connectivity index (χ2v) is 6.85. The fourth-order valence-electron chi connectivity index (χ4n) is 2.58. The van der Waals surface area contributed by atoms with Gasteiger partial charge in [0.2, 0.25) is 0 Å². The van der Waals surface area contributed by atoms with Gasteiger partial charge in [0.05, 0.1) is 18.8 Å². The summed E-state index contributed by atoms with van der Waals surface area (Å²) in [6.07, 6.45) is 1.65. The van der Waals surface area contributed by atoms with E-state index in [1.165, 1.54) is 29.5 Å². The molecule has 27 heavy (non-hydrogen) atoms. The Bertz CT molecular complexity index is 902. The molecule has 0 aliphatic carbocycles. The first-order chi connectivity index (χ1) is 13.0. The minimum atomic E-state index is -0.782. The molecule has 7 nitrogen and oxygen atoms in total. The number of aliphatic imine (C=N–C) groups is 1. The molecule has 2 heterocycles. The third-order valence-electron chi connectivity index (χ3n) is 3.74. The molecule has 3 N–H and O–H groups in total. The number of carbonyl (C=O) groups is 1. The average Bonchev–Trinajstić information content (AvgIpc) is 3.16. The van der Waals surface area contributed by atoms with Crippen molar-refractivity contribution in [2.45, 2.75) is 13.0 Å². The topological polar surface area (TPSA) is 95.8 Å². The van der Waals surface area contributed by atoms with Gasteiger partial charge in [0.1, 0.15) is 11.9 Å². The molecule has 0 saturated heterocycles. The van der Waals surface area contributed by atoms with E-state index < -0.39 is 17.8 Å². The Morgan fingerprint density at radius 3 is 3.00 bits per heavy atom. The molecule has 1 unspecified atom stereocenters. The van der Waals surface area contributed by atoms with E-state index >= 15 is 0 Å². The van der Waals surface area contributed by atoms with E-state index in [0.29, 0.717) is 22.1 Å². The van der Waals surface area contributed by atoms with Gasteiger partial charge in [-0.05, 0) is 19.1 Å². The largest absolute Gasteiger partial charge is 0.394 e. The van der Waals surface area contributed by atoms with Crippen LogP contribution in [0.1, 0.15) is 23.5 Å². The zero-order valence-electron chi connectivity index (χ0n) is 14.2. The lowest BCUT2D eigenvalue weighted by atomic mass is 9.95. The van der Waals surface area contributed by atoms with Crippen LogP contribution in [0.3, 0.4) is 0 Å². The zero-order valence-corrected chi connectivity index (χ0v) is 15.8. The number of hydrogen-bond acceptors (Lipinski definition) is 7. The number of nitrogens with one attached hydrogen (secondary N) is 2. The number of nitrogens with zero attached hydrogens (tertiary/aromatic N) is 2. The number of carbonyl (C=O) groups excluding carboxylic acids is 1. The summed E-state index contributed by atoms with van der Waals surface area (Å²) >= 11 is 7.61. The molecule has 1 amide bonds. The van der Waals surface area contributed by atoms with E-state index in [0.717, 1.165) is 0 Å². The molecule has 142 valence electrons. The van der Waals surface area contributed by atoms with Crippen LogP contribution in [0.2, 0.25) is 5.02 Å². The second-order valence-electron chi connectivity index (χ2n) is 5.55. The molecular weight excluding hydrogens is 395 g/mol. The predicted octanol–water partition coefficient (Wildman–Crippen LogP) is 2.34. The molecule has 1 aliphatic rings. The highest BCUT2D eigenvalue weighted by Crippen LogP contribution is 2.36. The molecule has 0 radical (unpaired) electrons. The number of thiazole rings is 1. The van der Waals surface area contributed by atoms with Crippen molar-refractivity contribution >= 4 is 34.7 Å². The van der Waals surface area contributed by atoms with Gasteiger partial charge in [-0.25, -0.2) is 14.9 Å². The summed E-state index contributed by atoms with van der Waals surface area (Å²) in [5.74, 6) is -0.540. The fourth-order valence-corrected chi connectivity index (χ4v) is 3.44. The summed E-state index contributed by atoms with van der Waals surface area (Å²) in [6.45, 7) is 1.42. The van der Waals surface area contributed by atoms with Crippen molar-refractivity contribution in [3.63, 3.8) is 0 Å². The van der Waals surface area contributed by atoms with Crippen molar-refractivity contribution < 1.29 is 19.1 Å². The van der Waals surface area contributed by atoms with Gasteiger partial charge in [-0.1, -0.05) is 17.7 Å². The quantitative estimate of drug-likeness (QED) is 0.502. The van der Waals surface area contributed by atoms with E-state index in [1.807, 2.05) is 5.38 Å². The number of aromatic nitrogens is 1. The van der Waals surface area contributed by atoms with E-state index in [1.54, 1.807) is 13.1 Å². The monoisotopic (exact) mass is 410 g/mol. The highest BCUT2D eigenvalue weighted by atomic mass is 35.5. The van der Waals surface area contributed by atoms with Gasteiger partial charge in [0.15, 0.2) is 10.8 Å². The van der Waals surface area contributed by atoms with Crippen molar-refractivity contribution in [2.75, 3.05) is 13.2 Å². The van der Waals surface area contributed by atoms with Crippen LogP contribution in [-0.4, -0.2) is 35.0 Å². The van der Waals surface area contributed by atoms with Crippen molar-refractivity contribution in [1.29, 1.82) is 0 Å². The normalized spacial score (nSPS) is 16.7. The molecule has 1 aliphatic heterocycles. The number of benzene rings is 1. The number of halogens is 2. The molecule has 0 saturated carbocycles. The molecular formula is C17H16ClFN4O3S. The molecule has 1 aromatic carbocycles. The molecule has 2 aromatic rings. The van der Waals surface area contributed by atoms with Crippen LogP contribution in [0.25, 0.3) is 0 Å². The molecule has 3 rings (SSSR count). The number of amidine groups is 1. The van der Waals surface area contributed by atoms with Gasteiger partial charge >= 0.3 is 0 Å². The Morgan fingerprint density at radius 2 is 2.33 bits per heavy atom. The third-order valence-corrected chi connectivity index (χ3v) is 4.84. The summed E-state index contributed by atoms with van der Waals surface area (Å²) in [5, 5.41) is 14.5. The molecule has 0 fully saturated rings. The highest BCUT2D eigenvalue weighted by Gasteiger charge is 2.31. The van der Waals surface area contributed by atoms with E-state index in [-0.39, 0.29) is 23.8 Å². The average molecular weight is 411 g/mol. The SMILES string of the molecule is CC1=C(C(=O)NOCCO)C(c2ccc(F)cc2Cl)N=C(c2nccs2)N1. The van der Waals surface area contributed by atoms with Crippen molar-refractivity contribution in [3.05, 3.63) is 62.5 Å². The summed E-state index contributed by atoms with van der Waals surface area (Å²) in [6, 6.07) is 3.14. The first kappa shape index (κ1) is 19.4. The number of aliphatic hydroxyl groups excluding tert-OH is 1. The van der Waals surface area contributed by atoms with Crippen LogP contribution < -0.4 is 10.8 Å². The number of allylic oxidation sites excluding steroid dienone is 1. The lowest BCUT2D eigenvalue weighted by Crippen LogP contribution is -2.36. The Kier molecular flexibility index (Phi) is 6.17. The first-order valence-corrected chi connectivity index (χ1v) is 9.20. The van der Waals surface area contributed by atoms with Gasteiger partial charge in [-0.3, -0.25) is 14.6 Å². The summed E-state index contributed by atoms with van der Waals surface area (Å²) in [5.41, 5.74) is 3.54. The second kappa shape index (κ2) is 8.57. The summed E-state index contributed by atoms with van der Waals surface area (Å²) in [4.78, 5) is 26.4. The Morgan fingerprint density at radius 1 is 1.52 bits per heavy atom.